The fourth-order valence-corrected chi connectivity index (χ4v) is 6.58. The normalized spacial score (nSPS) is 22.9. The number of nitrogens with one attached hydrogen (secondary N) is 6. The molecule has 0 radical (unpaired) electrons. The summed E-state index contributed by atoms with van der Waals surface area (Å²) < 4.78 is 0. The van der Waals surface area contributed by atoms with Crippen LogP contribution in [-0.4, -0.2) is 88.6 Å². The van der Waals surface area contributed by atoms with Crippen molar-refractivity contribution in [3.05, 3.63) is 72.3 Å². The quantitative estimate of drug-likeness (QED) is 0.149. The summed E-state index contributed by atoms with van der Waals surface area (Å²) in [5.41, 5.74) is 6.68. The zero-order valence-corrected chi connectivity index (χ0v) is 30.4. The van der Waals surface area contributed by atoms with Crippen LogP contribution in [0.5, 0.6) is 0 Å². The van der Waals surface area contributed by atoms with Gasteiger partial charge in [-0.3, -0.25) is 38.5 Å². The number of carbonyl (C=O) groups is 7. The van der Waals surface area contributed by atoms with Gasteiger partial charge >= 0.3 is 0 Å². The molecule has 2 aliphatic rings. The molecule has 0 unspecified atom stereocenters. The molecule has 1 fully saturated rings. The van der Waals surface area contributed by atoms with Crippen LogP contribution in [-0.2, 0) is 35.2 Å². The largest absolute Gasteiger partial charge is 0.368 e. The van der Waals surface area contributed by atoms with Gasteiger partial charge in [0.05, 0.1) is 6.20 Å². The molecule has 1 aliphatic carbocycles. The summed E-state index contributed by atoms with van der Waals surface area (Å²) in [7, 11) is 0. The minimum atomic E-state index is -1.18. The zero-order chi connectivity index (χ0) is 38.7. The van der Waals surface area contributed by atoms with E-state index >= 15 is 0 Å². The fourth-order valence-electron chi connectivity index (χ4n) is 6.58. The van der Waals surface area contributed by atoms with Gasteiger partial charge in [-0.25, -0.2) is 4.98 Å². The highest BCUT2D eigenvalue weighted by atomic mass is 16.2. The Hall–Kier alpha value is -5.67. The smallest absolute Gasteiger partial charge is 0.271 e. The standard InChI is InChI=1S/C38H51N9O7/c39-34(50)27-18-20-43-35(51)28(15-8-19-42-36(52)31-24-40-21-22-41-31)46-38(54)30(23-26-11-5-2-6-12-26)47-37(53)29(45-33(49)17-16-32(48)44-27)14-7-13-25-9-3-1-4-10-25/h1,3-4,9-10,16-17,21-22,24,26-30H,2,5-8,11-15,18-20,23H2,(H2,39,50)(H,42,52)(H,43,51)(H,44,48)(H,45,49)(H,46,54)(H,47,53)/b17-16-/t27-,28-,29-,30-/m0/s1. The summed E-state index contributed by atoms with van der Waals surface area (Å²) in [6.45, 7) is 0.0740. The second-order valence-electron chi connectivity index (χ2n) is 13.7. The number of rotatable bonds is 12. The van der Waals surface area contributed by atoms with Gasteiger partial charge < -0.3 is 37.6 Å². The highest BCUT2D eigenvalue weighted by molar-refractivity contribution is 6.00. The average molecular weight is 746 g/mol. The molecule has 16 nitrogen and oxygen atoms in total. The third-order valence-corrected chi connectivity index (χ3v) is 9.52. The lowest BCUT2D eigenvalue weighted by Gasteiger charge is -2.29. The summed E-state index contributed by atoms with van der Waals surface area (Å²) >= 11 is 0. The predicted octanol–water partition coefficient (Wildman–Crippen LogP) is 0.481. The molecule has 1 saturated carbocycles. The first-order valence-electron chi connectivity index (χ1n) is 18.6. The SMILES string of the molecule is NC(=O)[C@@H]1CCNC(=O)[C@H](CCCNC(=O)c2cnccn2)NC(=O)[C@H](CC2CCCCC2)NC(=O)[C@H](CCCc2ccccc2)NC(=O)/C=C\C(=O)N1. The van der Waals surface area contributed by atoms with Crippen LogP contribution in [0, 0.1) is 5.92 Å². The second-order valence-corrected chi connectivity index (χ2v) is 13.7. The molecule has 7 amide bonds. The summed E-state index contributed by atoms with van der Waals surface area (Å²) in [4.78, 5) is 99.7. The van der Waals surface area contributed by atoms with Gasteiger partial charge in [0.1, 0.15) is 29.9 Å². The molecule has 290 valence electrons. The molecule has 16 heteroatoms. The van der Waals surface area contributed by atoms with E-state index in [1.165, 1.54) is 18.6 Å². The van der Waals surface area contributed by atoms with Crippen LogP contribution < -0.4 is 37.6 Å². The van der Waals surface area contributed by atoms with Crippen molar-refractivity contribution in [1.29, 1.82) is 0 Å². The minimum Gasteiger partial charge on any atom is -0.368 e. The number of primary amides is 1. The topological polar surface area (TPSA) is 243 Å². The number of hydrogen-bond donors (Lipinski definition) is 7. The van der Waals surface area contributed by atoms with Gasteiger partial charge in [0.25, 0.3) is 5.91 Å². The van der Waals surface area contributed by atoms with E-state index in [9.17, 15) is 33.6 Å². The number of nitrogens with two attached hydrogens (primary N) is 1. The molecule has 4 atom stereocenters. The molecule has 2 aromatic rings. The lowest BCUT2D eigenvalue weighted by atomic mass is 9.84. The van der Waals surface area contributed by atoms with E-state index in [0.29, 0.717) is 19.3 Å². The predicted molar refractivity (Wildman–Crippen MR) is 198 cm³/mol. The van der Waals surface area contributed by atoms with Gasteiger partial charge in [-0.1, -0.05) is 62.4 Å². The van der Waals surface area contributed by atoms with Gasteiger partial charge in [-0.2, -0.15) is 0 Å². The summed E-state index contributed by atoms with van der Waals surface area (Å²) in [6.07, 6.45) is 13.0. The van der Waals surface area contributed by atoms with Crippen LogP contribution in [0.2, 0.25) is 0 Å². The van der Waals surface area contributed by atoms with Crippen LogP contribution >= 0.6 is 0 Å². The first-order valence-corrected chi connectivity index (χ1v) is 18.6. The molecule has 2 heterocycles. The maximum Gasteiger partial charge on any atom is 0.271 e. The monoisotopic (exact) mass is 745 g/mol. The number of nitrogens with zero attached hydrogens (tertiary/aromatic N) is 2. The number of aromatic nitrogens is 2. The van der Waals surface area contributed by atoms with Crippen molar-refractivity contribution in [2.75, 3.05) is 13.1 Å². The fraction of sp³-hybridized carbons (Fsp3) is 0.500. The summed E-state index contributed by atoms with van der Waals surface area (Å²) in [6, 6.07) is 5.34. The maximum atomic E-state index is 14.1. The van der Waals surface area contributed by atoms with Crippen LogP contribution in [0.3, 0.4) is 0 Å². The van der Waals surface area contributed by atoms with E-state index in [1.807, 2.05) is 30.3 Å². The molecule has 1 aliphatic heterocycles. The second kappa shape index (κ2) is 21.8. The molecule has 0 spiro atoms. The van der Waals surface area contributed by atoms with E-state index in [1.54, 1.807) is 0 Å². The van der Waals surface area contributed by atoms with Crippen molar-refractivity contribution in [3.8, 4) is 0 Å². The zero-order valence-electron chi connectivity index (χ0n) is 30.4. The van der Waals surface area contributed by atoms with E-state index in [-0.39, 0.29) is 50.4 Å². The van der Waals surface area contributed by atoms with E-state index in [2.05, 4.69) is 41.9 Å². The highest BCUT2D eigenvalue weighted by Gasteiger charge is 2.32. The Morgan fingerprint density at radius 2 is 1.43 bits per heavy atom. The van der Waals surface area contributed by atoms with Gasteiger partial charge in [-0.05, 0) is 56.4 Å². The number of amides is 7. The first-order chi connectivity index (χ1) is 26.1. The van der Waals surface area contributed by atoms with E-state index in [0.717, 1.165) is 49.8 Å². The highest BCUT2D eigenvalue weighted by Crippen LogP contribution is 2.27. The Kier molecular flexibility index (Phi) is 16.6. The molecule has 1 aromatic heterocycles. The Morgan fingerprint density at radius 3 is 2.13 bits per heavy atom. The maximum absolute atomic E-state index is 14.1. The van der Waals surface area contributed by atoms with Crippen molar-refractivity contribution in [2.24, 2.45) is 11.7 Å². The molecular formula is C38H51N9O7. The molecule has 54 heavy (non-hydrogen) atoms. The van der Waals surface area contributed by atoms with Gasteiger partial charge in [0, 0.05) is 37.6 Å². The molecule has 0 saturated heterocycles. The van der Waals surface area contributed by atoms with Crippen molar-refractivity contribution >= 4 is 41.4 Å². The third kappa shape index (κ3) is 14.0. The number of aryl methyl sites for hydroxylation is 1. The molecular weight excluding hydrogens is 694 g/mol. The number of carbonyl (C=O) groups excluding carboxylic acids is 7. The number of benzene rings is 1. The van der Waals surface area contributed by atoms with E-state index < -0.39 is 65.5 Å². The molecule has 8 N–H and O–H groups in total. The van der Waals surface area contributed by atoms with Crippen molar-refractivity contribution < 1.29 is 33.6 Å². The van der Waals surface area contributed by atoms with Gasteiger partial charge in [-0.15, -0.1) is 0 Å². The number of hydrogen-bond acceptors (Lipinski definition) is 9. The van der Waals surface area contributed by atoms with Crippen LogP contribution in [0.1, 0.15) is 86.7 Å². The Bertz CT molecular complexity index is 1620. The van der Waals surface area contributed by atoms with Gasteiger partial charge in [0.2, 0.25) is 35.4 Å². The van der Waals surface area contributed by atoms with Crippen LogP contribution in [0.25, 0.3) is 0 Å². The minimum absolute atomic E-state index is 0.0640. The van der Waals surface area contributed by atoms with Crippen molar-refractivity contribution in [1.82, 2.24) is 41.9 Å². The van der Waals surface area contributed by atoms with Crippen molar-refractivity contribution in [3.63, 3.8) is 0 Å². The Balaban J connectivity index is 1.56. The van der Waals surface area contributed by atoms with Gasteiger partial charge in [0.15, 0.2) is 0 Å². The average Bonchev–Trinajstić information content (AvgIpc) is 3.17. The van der Waals surface area contributed by atoms with E-state index in [4.69, 9.17) is 5.73 Å². The molecule has 0 bridgehead atoms. The Labute approximate surface area is 314 Å². The van der Waals surface area contributed by atoms with Crippen LogP contribution in [0.15, 0.2) is 61.1 Å². The third-order valence-electron chi connectivity index (χ3n) is 9.52. The summed E-state index contributed by atoms with van der Waals surface area (Å²) in [5.74, 6) is -4.32. The summed E-state index contributed by atoms with van der Waals surface area (Å²) in [5, 5.41) is 16.2. The lowest BCUT2D eigenvalue weighted by Crippen LogP contribution is -2.57. The molecule has 4 rings (SSSR count). The first kappa shape index (κ1) is 41.1. The molecule has 1 aromatic carbocycles. The lowest BCUT2D eigenvalue weighted by molar-refractivity contribution is -0.134. The van der Waals surface area contributed by atoms with Crippen molar-refractivity contribution in [2.45, 2.75) is 101 Å². The van der Waals surface area contributed by atoms with Crippen LogP contribution in [0.4, 0.5) is 0 Å². The Morgan fingerprint density at radius 1 is 0.759 bits per heavy atom.